The molecule has 1 fully saturated rings. The summed E-state index contributed by atoms with van der Waals surface area (Å²) in [6, 6.07) is 12.2. The van der Waals surface area contributed by atoms with E-state index >= 15 is 0 Å². The van der Waals surface area contributed by atoms with Crippen LogP contribution in [0.2, 0.25) is 0 Å². The van der Waals surface area contributed by atoms with Crippen molar-refractivity contribution in [3.63, 3.8) is 0 Å². The molecule has 158 valence electrons. The molecule has 0 unspecified atom stereocenters. The van der Waals surface area contributed by atoms with Crippen LogP contribution in [-0.4, -0.2) is 49.1 Å². The fourth-order valence-electron chi connectivity index (χ4n) is 3.98. The number of hydrogen-bond donors (Lipinski definition) is 2. The number of piperidine rings is 1. The minimum absolute atomic E-state index is 0.122. The van der Waals surface area contributed by atoms with Gasteiger partial charge in [0, 0.05) is 31.1 Å². The number of amides is 1. The third-order valence-electron chi connectivity index (χ3n) is 5.64. The average molecular weight is 411 g/mol. The van der Waals surface area contributed by atoms with Crippen molar-refractivity contribution < 1.29 is 18.7 Å². The van der Waals surface area contributed by atoms with Gasteiger partial charge in [-0.3, -0.25) is 9.69 Å². The molecule has 2 heterocycles. The van der Waals surface area contributed by atoms with Crippen molar-refractivity contribution in [2.45, 2.75) is 25.4 Å². The zero-order chi connectivity index (χ0) is 21.1. The van der Waals surface area contributed by atoms with Gasteiger partial charge in [0.15, 0.2) is 0 Å². The Labute approximate surface area is 175 Å². The number of ether oxygens (including phenoxy) is 2. The Morgan fingerprint density at radius 2 is 1.77 bits per heavy atom. The van der Waals surface area contributed by atoms with Crippen molar-refractivity contribution >= 4 is 16.8 Å². The molecule has 0 bridgehead atoms. The maximum atomic E-state index is 13.1. The summed E-state index contributed by atoms with van der Waals surface area (Å²) >= 11 is 0. The van der Waals surface area contributed by atoms with Crippen molar-refractivity contribution in [2.24, 2.45) is 0 Å². The molecule has 2 aromatic carbocycles. The zero-order valence-electron chi connectivity index (χ0n) is 17.2. The number of carbonyl (C=O) groups excluding carboxylic acids is 1. The molecule has 7 heteroatoms. The first-order chi connectivity index (χ1) is 14.6. The predicted octanol–water partition coefficient (Wildman–Crippen LogP) is 3.72. The Hall–Kier alpha value is -3.06. The van der Waals surface area contributed by atoms with Gasteiger partial charge in [-0.05, 0) is 48.7 Å². The number of rotatable bonds is 6. The number of nitrogens with one attached hydrogen (secondary N) is 2. The summed E-state index contributed by atoms with van der Waals surface area (Å²) < 4.78 is 23.9. The van der Waals surface area contributed by atoms with Crippen LogP contribution in [0.4, 0.5) is 4.39 Å². The molecular weight excluding hydrogens is 385 g/mol. The van der Waals surface area contributed by atoms with Gasteiger partial charge in [-0.1, -0.05) is 12.1 Å². The summed E-state index contributed by atoms with van der Waals surface area (Å²) in [5, 5.41) is 3.95. The lowest BCUT2D eigenvalue weighted by atomic mass is 10.0. The lowest BCUT2D eigenvalue weighted by Gasteiger charge is -2.32. The minimum Gasteiger partial charge on any atom is -0.496 e. The van der Waals surface area contributed by atoms with Crippen molar-refractivity contribution in [2.75, 3.05) is 27.3 Å². The van der Waals surface area contributed by atoms with Gasteiger partial charge in [0.1, 0.15) is 23.0 Å². The Morgan fingerprint density at radius 1 is 1.10 bits per heavy atom. The Balaban J connectivity index is 1.37. The number of H-pyrrole nitrogens is 1. The molecule has 2 N–H and O–H groups in total. The minimum atomic E-state index is -0.215. The number of carbonyl (C=O) groups is 1. The molecule has 1 aliphatic rings. The number of fused-ring (bicyclic) bond motifs is 1. The highest BCUT2D eigenvalue weighted by Gasteiger charge is 2.23. The number of aromatic amines is 1. The molecule has 0 radical (unpaired) electrons. The molecular formula is C23H26FN3O3. The van der Waals surface area contributed by atoms with Crippen molar-refractivity contribution in [1.29, 1.82) is 0 Å². The van der Waals surface area contributed by atoms with Crippen LogP contribution in [0.5, 0.6) is 11.5 Å². The summed E-state index contributed by atoms with van der Waals surface area (Å²) in [5.74, 6) is 1.01. The molecule has 30 heavy (non-hydrogen) atoms. The summed E-state index contributed by atoms with van der Waals surface area (Å²) in [5.41, 5.74) is 2.33. The maximum Gasteiger partial charge on any atom is 0.267 e. The number of benzene rings is 2. The van der Waals surface area contributed by atoms with E-state index in [0.29, 0.717) is 17.2 Å². The first-order valence-corrected chi connectivity index (χ1v) is 10.1. The lowest BCUT2D eigenvalue weighted by Crippen LogP contribution is -2.44. The van der Waals surface area contributed by atoms with E-state index < -0.39 is 0 Å². The van der Waals surface area contributed by atoms with Crippen LogP contribution in [0, 0.1) is 5.82 Å². The fraction of sp³-hybridized carbons (Fsp3) is 0.348. The van der Waals surface area contributed by atoms with Gasteiger partial charge >= 0.3 is 0 Å². The Kier molecular flexibility index (Phi) is 5.90. The monoisotopic (exact) mass is 411 g/mol. The molecule has 1 aliphatic heterocycles. The number of aromatic nitrogens is 1. The molecule has 4 rings (SSSR count). The summed E-state index contributed by atoms with van der Waals surface area (Å²) in [4.78, 5) is 18.3. The highest BCUT2D eigenvalue weighted by Crippen LogP contribution is 2.33. The van der Waals surface area contributed by atoms with E-state index in [-0.39, 0.29) is 17.8 Å². The van der Waals surface area contributed by atoms with Gasteiger partial charge in [0.25, 0.3) is 5.91 Å². The number of halogens is 1. The van der Waals surface area contributed by atoms with Crippen LogP contribution < -0.4 is 14.8 Å². The van der Waals surface area contributed by atoms with E-state index in [1.54, 1.807) is 20.3 Å². The van der Waals surface area contributed by atoms with Gasteiger partial charge in [0.05, 0.1) is 19.7 Å². The predicted molar refractivity (Wildman–Crippen MR) is 114 cm³/mol. The Bertz CT molecular complexity index is 983. The van der Waals surface area contributed by atoms with Crippen LogP contribution in [0.3, 0.4) is 0 Å². The SMILES string of the molecule is COc1ccc(OC)c2[nH]c(C(=O)NC3CCN(Cc4ccc(F)cc4)CC3)cc12. The average Bonchev–Trinajstić information content (AvgIpc) is 3.22. The van der Waals surface area contributed by atoms with E-state index in [1.165, 1.54) is 12.1 Å². The number of hydrogen-bond acceptors (Lipinski definition) is 4. The topological polar surface area (TPSA) is 66.6 Å². The highest BCUT2D eigenvalue weighted by atomic mass is 19.1. The van der Waals surface area contributed by atoms with E-state index in [4.69, 9.17) is 9.47 Å². The molecule has 0 saturated carbocycles. The second-order valence-corrected chi connectivity index (χ2v) is 7.59. The van der Waals surface area contributed by atoms with Gasteiger partial charge in [-0.2, -0.15) is 0 Å². The van der Waals surface area contributed by atoms with Crippen LogP contribution in [-0.2, 0) is 6.54 Å². The highest BCUT2D eigenvalue weighted by molar-refractivity contribution is 6.01. The number of methoxy groups -OCH3 is 2. The molecule has 0 atom stereocenters. The third-order valence-corrected chi connectivity index (χ3v) is 5.64. The lowest BCUT2D eigenvalue weighted by molar-refractivity contribution is 0.0904. The second-order valence-electron chi connectivity index (χ2n) is 7.59. The van der Waals surface area contributed by atoms with E-state index in [0.717, 1.165) is 48.9 Å². The summed E-state index contributed by atoms with van der Waals surface area (Å²) in [6.45, 7) is 2.57. The molecule has 1 saturated heterocycles. The largest absolute Gasteiger partial charge is 0.496 e. The summed E-state index contributed by atoms with van der Waals surface area (Å²) in [7, 11) is 3.20. The summed E-state index contributed by atoms with van der Waals surface area (Å²) in [6.07, 6.45) is 1.75. The molecule has 0 spiro atoms. The van der Waals surface area contributed by atoms with Crippen molar-refractivity contribution in [1.82, 2.24) is 15.2 Å². The van der Waals surface area contributed by atoms with Crippen molar-refractivity contribution in [3.8, 4) is 11.5 Å². The zero-order valence-corrected chi connectivity index (χ0v) is 17.2. The maximum absolute atomic E-state index is 13.1. The molecule has 6 nitrogen and oxygen atoms in total. The number of likely N-dealkylation sites (tertiary alicyclic amines) is 1. The van der Waals surface area contributed by atoms with Gasteiger partial charge in [-0.15, -0.1) is 0 Å². The van der Waals surface area contributed by atoms with E-state index in [9.17, 15) is 9.18 Å². The molecule has 1 aromatic heterocycles. The first-order valence-electron chi connectivity index (χ1n) is 10.1. The standard InChI is InChI=1S/C23H26FN3O3/c1-29-20-7-8-21(30-2)22-18(20)13-19(26-22)23(28)25-17-9-11-27(12-10-17)14-15-3-5-16(24)6-4-15/h3-8,13,17,26H,9-12,14H2,1-2H3,(H,25,28). The van der Waals surface area contributed by atoms with Crippen LogP contribution in [0.1, 0.15) is 28.9 Å². The molecule has 0 aliphatic carbocycles. The third kappa shape index (κ3) is 4.26. The quantitative estimate of drug-likeness (QED) is 0.649. The van der Waals surface area contributed by atoms with Gasteiger partial charge in [0.2, 0.25) is 0 Å². The van der Waals surface area contributed by atoms with Crippen molar-refractivity contribution in [3.05, 3.63) is 59.5 Å². The first kappa shape index (κ1) is 20.2. The van der Waals surface area contributed by atoms with Crippen LogP contribution in [0.25, 0.3) is 10.9 Å². The van der Waals surface area contributed by atoms with Gasteiger partial charge < -0.3 is 19.8 Å². The number of nitrogens with zero attached hydrogens (tertiary/aromatic N) is 1. The molecule has 3 aromatic rings. The normalized spacial score (nSPS) is 15.3. The van der Waals surface area contributed by atoms with Crippen LogP contribution in [0.15, 0.2) is 42.5 Å². The smallest absolute Gasteiger partial charge is 0.267 e. The van der Waals surface area contributed by atoms with E-state index in [1.807, 2.05) is 24.3 Å². The van der Waals surface area contributed by atoms with Crippen LogP contribution >= 0.6 is 0 Å². The fourth-order valence-corrected chi connectivity index (χ4v) is 3.98. The van der Waals surface area contributed by atoms with Gasteiger partial charge in [-0.25, -0.2) is 4.39 Å². The molecule has 1 amide bonds. The second kappa shape index (κ2) is 8.75. The Morgan fingerprint density at radius 3 is 2.43 bits per heavy atom. The van der Waals surface area contributed by atoms with E-state index in [2.05, 4.69) is 15.2 Å².